The Kier molecular flexibility index (Phi) is 3.43. The molecule has 0 radical (unpaired) electrons. The lowest BCUT2D eigenvalue weighted by molar-refractivity contribution is 0.120. The van der Waals surface area contributed by atoms with Gasteiger partial charge < -0.3 is 10.1 Å². The normalized spacial score (nSPS) is 19.4. The Morgan fingerprint density at radius 1 is 1.56 bits per heavy atom. The highest BCUT2D eigenvalue weighted by Crippen LogP contribution is 2.18. The zero-order chi connectivity index (χ0) is 11.4. The monoisotopic (exact) mass is 216 g/mol. The molecule has 1 heterocycles. The minimum Gasteiger partial charge on any atom is -0.382 e. The van der Waals surface area contributed by atoms with Crippen molar-refractivity contribution in [3.8, 4) is 6.07 Å². The van der Waals surface area contributed by atoms with Gasteiger partial charge in [0.25, 0.3) is 0 Å². The van der Waals surface area contributed by atoms with Gasteiger partial charge in [-0.05, 0) is 37.5 Å². The lowest BCUT2D eigenvalue weighted by Gasteiger charge is -2.13. The van der Waals surface area contributed by atoms with Crippen molar-refractivity contribution in [1.82, 2.24) is 0 Å². The summed E-state index contributed by atoms with van der Waals surface area (Å²) in [4.78, 5) is 0. The minimum atomic E-state index is 0.324. The van der Waals surface area contributed by atoms with E-state index in [2.05, 4.69) is 11.4 Å². The number of benzene rings is 1. The first-order valence-electron chi connectivity index (χ1n) is 5.66. The molecule has 2 rings (SSSR count). The van der Waals surface area contributed by atoms with Crippen LogP contribution in [0.1, 0.15) is 24.0 Å². The molecule has 0 aliphatic carbocycles. The molecule has 0 aromatic heterocycles. The van der Waals surface area contributed by atoms with Crippen LogP contribution in [0.25, 0.3) is 0 Å². The Bertz CT molecular complexity index is 403. The van der Waals surface area contributed by atoms with Crippen LogP contribution in [0.5, 0.6) is 0 Å². The van der Waals surface area contributed by atoms with Gasteiger partial charge in [-0.25, -0.2) is 0 Å². The molecular weight excluding hydrogens is 200 g/mol. The maximum absolute atomic E-state index is 8.83. The molecule has 84 valence electrons. The van der Waals surface area contributed by atoms with Crippen molar-refractivity contribution in [3.05, 3.63) is 29.3 Å². The smallest absolute Gasteiger partial charge is 0.0992 e. The number of nitrogens with zero attached hydrogens (tertiary/aromatic N) is 1. The number of hydrogen-bond donors (Lipinski definition) is 1. The van der Waals surface area contributed by atoms with Gasteiger partial charge in [0.1, 0.15) is 0 Å². The number of rotatable bonds is 3. The van der Waals surface area contributed by atoms with Crippen molar-refractivity contribution in [2.45, 2.75) is 25.9 Å². The molecule has 1 aliphatic rings. The summed E-state index contributed by atoms with van der Waals surface area (Å²) in [5.41, 5.74) is 2.90. The fraction of sp³-hybridized carbons (Fsp3) is 0.462. The number of nitrogens with one attached hydrogen (secondary N) is 1. The van der Waals surface area contributed by atoms with E-state index in [0.717, 1.165) is 37.2 Å². The van der Waals surface area contributed by atoms with E-state index in [9.17, 15) is 0 Å². The molecule has 1 atom stereocenters. The molecule has 3 heteroatoms. The molecule has 1 fully saturated rings. The summed E-state index contributed by atoms with van der Waals surface area (Å²) in [6.45, 7) is 3.75. The van der Waals surface area contributed by atoms with Gasteiger partial charge in [0.15, 0.2) is 0 Å². The van der Waals surface area contributed by atoms with E-state index in [-0.39, 0.29) is 0 Å². The Labute approximate surface area is 96.0 Å². The molecule has 1 aromatic carbocycles. The van der Waals surface area contributed by atoms with Gasteiger partial charge >= 0.3 is 0 Å². The highest BCUT2D eigenvalue weighted by atomic mass is 16.5. The summed E-state index contributed by atoms with van der Waals surface area (Å²) in [5.74, 6) is 0. The minimum absolute atomic E-state index is 0.324. The van der Waals surface area contributed by atoms with E-state index in [0.29, 0.717) is 11.7 Å². The van der Waals surface area contributed by atoms with Crippen molar-refractivity contribution in [1.29, 1.82) is 5.26 Å². The fourth-order valence-corrected chi connectivity index (χ4v) is 1.91. The first-order valence-corrected chi connectivity index (χ1v) is 5.66. The zero-order valence-corrected chi connectivity index (χ0v) is 9.49. The molecule has 0 spiro atoms. The molecule has 1 unspecified atom stereocenters. The van der Waals surface area contributed by atoms with E-state index in [1.165, 1.54) is 0 Å². The summed E-state index contributed by atoms with van der Waals surface area (Å²) in [5, 5.41) is 12.2. The van der Waals surface area contributed by atoms with E-state index in [1.54, 1.807) is 0 Å². The Balaban J connectivity index is 2.00. The second-order valence-electron chi connectivity index (χ2n) is 4.16. The number of aryl methyl sites for hydroxylation is 1. The van der Waals surface area contributed by atoms with Crippen LogP contribution in [0.4, 0.5) is 5.69 Å². The number of nitriles is 1. The number of anilines is 1. The van der Waals surface area contributed by atoms with E-state index in [4.69, 9.17) is 10.00 Å². The van der Waals surface area contributed by atoms with Crippen LogP contribution in [0.15, 0.2) is 18.2 Å². The summed E-state index contributed by atoms with van der Waals surface area (Å²) in [7, 11) is 0. The lowest BCUT2D eigenvalue weighted by Crippen LogP contribution is -2.18. The average molecular weight is 216 g/mol. The molecular formula is C13H16N2O. The number of hydrogen-bond acceptors (Lipinski definition) is 3. The van der Waals surface area contributed by atoms with Gasteiger partial charge in [0, 0.05) is 18.8 Å². The van der Waals surface area contributed by atoms with Crippen LogP contribution in [0.2, 0.25) is 0 Å². The van der Waals surface area contributed by atoms with Gasteiger partial charge in [-0.15, -0.1) is 0 Å². The van der Waals surface area contributed by atoms with Gasteiger partial charge in [-0.1, -0.05) is 6.07 Å². The van der Waals surface area contributed by atoms with E-state index >= 15 is 0 Å². The third-order valence-corrected chi connectivity index (χ3v) is 2.91. The first kappa shape index (κ1) is 11.0. The van der Waals surface area contributed by atoms with E-state index in [1.807, 2.05) is 25.1 Å². The van der Waals surface area contributed by atoms with Crippen LogP contribution in [0.3, 0.4) is 0 Å². The van der Waals surface area contributed by atoms with Gasteiger partial charge in [-0.3, -0.25) is 0 Å². The summed E-state index contributed by atoms with van der Waals surface area (Å²) in [6.07, 6.45) is 2.61. The van der Waals surface area contributed by atoms with Crippen molar-refractivity contribution >= 4 is 5.69 Å². The molecule has 0 saturated carbocycles. The second kappa shape index (κ2) is 5.00. The Morgan fingerprint density at radius 3 is 3.12 bits per heavy atom. The second-order valence-corrected chi connectivity index (χ2v) is 4.16. The maximum atomic E-state index is 8.83. The summed E-state index contributed by atoms with van der Waals surface area (Å²) in [6, 6.07) is 7.85. The van der Waals surface area contributed by atoms with Gasteiger partial charge in [-0.2, -0.15) is 5.26 Å². The predicted molar refractivity (Wildman–Crippen MR) is 63.4 cm³/mol. The van der Waals surface area contributed by atoms with Crippen molar-refractivity contribution < 1.29 is 4.74 Å². The van der Waals surface area contributed by atoms with E-state index < -0.39 is 0 Å². The molecule has 1 saturated heterocycles. The molecule has 16 heavy (non-hydrogen) atoms. The van der Waals surface area contributed by atoms with Crippen molar-refractivity contribution in [2.24, 2.45) is 0 Å². The fourth-order valence-electron chi connectivity index (χ4n) is 1.91. The molecule has 1 aromatic rings. The highest BCUT2D eigenvalue weighted by molar-refractivity contribution is 5.55. The maximum Gasteiger partial charge on any atom is 0.0992 e. The molecule has 0 bridgehead atoms. The lowest BCUT2D eigenvalue weighted by atomic mass is 10.1. The quantitative estimate of drug-likeness (QED) is 0.844. The SMILES string of the molecule is Cc1ccc(C#N)cc1NCC1CCCO1. The third-order valence-electron chi connectivity index (χ3n) is 2.91. The van der Waals surface area contributed by atoms with Crippen LogP contribution in [-0.2, 0) is 4.74 Å². The number of ether oxygens (including phenoxy) is 1. The van der Waals surface area contributed by atoms with Crippen LogP contribution in [-0.4, -0.2) is 19.3 Å². The summed E-state index contributed by atoms with van der Waals surface area (Å²) >= 11 is 0. The molecule has 1 N–H and O–H groups in total. The van der Waals surface area contributed by atoms with Crippen molar-refractivity contribution in [2.75, 3.05) is 18.5 Å². The summed E-state index contributed by atoms with van der Waals surface area (Å²) < 4.78 is 5.54. The highest BCUT2D eigenvalue weighted by Gasteiger charge is 2.15. The third kappa shape index (κ3) is 2.53. The van der Waals surface area contributed by atoms with Gasteiger partial charge in [0.2, 0.25) is 0 Å². The average Bonchev–Trinajstić information content (AvgIpc) is 2.81. The molecule has 1 aliphatic heterocycles. The first-order chi connectivity index (χ1) is 7.79. The Hall–Kier alpha value is -1.53. The topological polar surface area (TPSA) is 45.0 Å². The van der Waals surface area contributed by atoms with Crippen LogP contribution >= 0.6 is 0 Å². The van der Waals surface area contributed by atoms with Gasteiger partial charge in [0.05, 0.1) is 17.7 Å². The molecule has 0 amide bonds. The molecule has 3 nitrogen and oxygen atoms in total. The predicted octanol–water partition coefficient (Wildman–Crippen LogP) is 2.46. The van der Waals surface area contributed by atoms with Crippen molar-refractivity contribution in [3.63, 3.8) is 0 Å². The standard InChI is InChI=1S/C13H16N2O/c1-10-4-5-11(8-14)7-13(10)15-9-12-3-2-6-16-12/h4-5,7,12,15H,2-3,6,9H2,1H3. The zero-order valence-electron chi connectivity index (χ0n) is 9.49. The van der Waals surface area contributed by atoms with Crippen LogP contribution in [0, 0.1) is 18.3 Å². The largest absolute Gasteiger partial charge is 0.382 e. The van der Waals surface area contributed by atoms with Crippen LogP contribution < -0.4 is 5.32 Å². The Morgan fingerprint density at radius 2 is 2.44 bits per heavy atom.